The van der Waals surface area contributed by atoms with Gasteiger partial charge < -0.3 is 63.8 Å². The Morgan fingerprint density at radius 1 is 0.981 bits per heavy atom. The number of nitrogens with one attached hydrogen (secondary N) is 1. The molecule has 0 bridgehead atoms. The van der Waals surface area contributed by atoms with Crippen LogP contribution in [-0.4, -0.2) is 155 Å². The number of methoxy groups -OCH3 is 1. The van der Waals surface area contributed by atoms with Gasteiger partial charge in [-0.15, -0.1) is 0 Å². The van der Waals surface area contributed by atoms with Gasteiger partial charge in [0.1, 0.15) is 35.1 Å². The fourth-order valence-corrected chi connectivity index (χ4v) is 9.03. The van der Waals surface area contributed by atoms with E-state index >= 15 is 0 Å². The fourth-order valence-electron chi connectivity index (χ4n) is 9.03. The van der Waals surface area contributed by atoms with E-state index < -0.39 is 95.5 Å². The van der Waals surface area contributed by atoms with Crippen LogP contribution in [-0.2, 0) is 38.0 Å². The molecule has 18 atom stereocenters. The summed E-state index contributed by atoms with van der Waals surface area (Å²) in [4.78, 5) is 16.1. The van der Waals surface area contributed by atoms with E-state index in [9.17, 15) is 25.2 Å². The van der Waals surface area contributed by atoms with Crippen LogP contribution in [0.1, 0.15) is 94.9 Å². The quantitative estimate of drug-likeness (QED) is 0.189. The van der Waals surface area contributed by atoms with Gasteiger partial charge in [-0.2, -0.15) is 0 Å². The first kappa shape index (κ1) is 43.7. The average Bonchev–Trinajstić information content (AvgIpc) is 3.88. The third-order valence-electron chi connectivity index (χ3n) is 12.6. The van der Waals surface area contributed by atoms with Crippen LogP contribution in [0.15, 0.2) is 0 Å². The lowest BCUT2D eigenvalue weighted by Gasteiger charge is -2.49. The smallest absolute Gasteiger partial charge is 0.311 e. The van der Waals surface area contributed by atoms with E-state index in [0.29, 0.717) is 26.0 Å². The highest BCUT2D eigenvalue weighted by Gasteiger charge is 2.67. The molecule has 0 saturated carbocycles. The van der Waals surface area contributed by atoms with Gasteiger partial charge >= 0.3 is 5.97 Å². The molecule has 4 aliphatic heterocycles. The first-order valence-corrected chi connectivity index (χ1v) is 19.3. The summed E-state index contributed by atoms with van der Waals surface area (Å²) in [6.07, 6.45) is -6.51. The van der Waals surface area contributed by atoms with Gasteiger partial charge in [0.2, 0.25) is 0 Å². The molecular weight excluding hydrogens is 676 g/mol. The number of likely N-dealkylation sites (N-methyl/N-ethyl adjacent to an activating group) is 1. The molecule has 0 aromatic rings. The molecule has 52 heavy (non-hydrogen) atoms. The van der Waals surface area contributed by atoms with Crippen LogP contribution in [0, 0.1) is 17.8 Å². The summed E-state index contributed by atoms with van der Waals surface area (Å²) >= 11 is 0. The zero-order valence-corrected chi connectivity index (χ0v) is 33.8. The van der Waals surface area contributed by atoms with E-state index in [-0.39, 0.29) is 30.9 Å². The average molecular weight is 747 g/mol. The van der Waals surface area contributed by atoms with E-state index in [1.807, 2.05) is 53.6 Å². The predicted molar refractivity (Wildman–Crippen MR) is 192 cm³/mol. The van der Waals surface area contributed by atoms with Crippen LogP contribution < -0.4 is 5.32 Å². The van der Waals surface area contributed by atoms with E-state index in [1.54, 1.807) is 34.8 Å². The van der Waals surface area contributed by atoms with Crippen molar-refractivity contribution in [2.24, 2.45) is 17.8 Å². The zero-order chi connectivity index (χ0) is 39.1. The molecule has 0 amide bonds. The molecule has 4 aliphatic rings. The van der Waals surface area contributed by atoms with Crippen molar-refractivity contribution in [3.8, 4) is 0 Å². The molecule has 0 unspecified atom stereocenters. The van der Waals surface area contributed by atoms with E-state index in [2.05, 4.69) is 5.32 Å². The van der Waals surface area contributed by atoms with Crippen molar-refractivity contribution in [3.05, 3.63) is 0 Å². The number of aliphatic hydroxyl groups is 4. The van der Waals surface area contributed by atoms with Crippen molar-refractivity contribution in [1.29, 1.82) is 0 Å². The van der Waals surface area contributed by atoms with Gasteiger partial charge in [0.05, 0.1) is 42.5 Å². The number of carbonyl (C=O) groups excluding carboxylic acids is 1. The third-order valence-corrected chi connectivity index (χ3v) is 12.6. The van der Waals surface area contributed by atoms with Crippen LogP contribution in [0.2, 0.25) is 0 Å². The van der Waals surface area contributed by atoms with Crippen molar-refractivity contribution >= 4 is 5.97 Å². The summed E-state index contributed by atoms with van der Waals surface area (Å²) in [5, 5.41) is 50.2. The molecule has 0 aromatic heterocycles. The number of hydrogen-bond donors (Lipinski definition) is 5. The third kappa shape index (κ3) is 8.84. The number of rotatable bonds is 7. The van der Waals surface area contributed by atoms with Crippen molar-refractivity contribution in [2.75, 3.05) is 34.4 Å². The highest BCUT2D eigenvalue weighted by Crippen LogP contribution is 2.51. The number of nitrogens with zero attached hydrogens (tertiary/aromatic N) is 1. The number of ether oxygens (including phenoxy) is 7. The molecule has 4 rings (SSSR count). The standard InChI is InChI=1S/C38H70N2O12/c1-14-27-37(10,45)31(42)24(6)39-18-20(2)16-35(8,44)32(52-34-29(41)26(40(11)12)15-21(3)48-34)22(4)30(23(5)33(43)50-27)51-28-17-36(9,46-13)38(19-47-38)25(7)49-28/h20-32,34,39,41-42,44-45H,14-19H2,1-13H3/t20-,21-,22+,23-,24-,25+,26+,27-,28+,29-,30+,31-,32-,34+,35-,36-,37-,38-/m1/s1. The first-order valence-electron chi connectivity index (χ1n) is 19.3. The highest BCUT2D eigenvalue weighted by atomic mass is 16.7. The van der Waals surface area contributed by atoms with Gasteiger partial charge in [-0.1, -0.05) is 20.8 Å². The number of carbonyl (C=O) groups is 1. The maximum absolute atomic E-state index is 14.2. The highest BCUT2D eigenvalue weighted by molar-refractivity contribution is 5.73. The summed E-state index contributed by atoms with van der Waals surface area (Å²) in [7, 11) is 5.42. The van der Waals surface area contributed by atoms with Gasteiger partial charge in [-0.05, 0) is 94.3 Å². The molecule has 14 heteroatoms. The minimum absolute atomic E-state index is 0.139. The number of hydrogen-bond acceptors (Lipinski definition) is 14. The van der Waals surface area contributed by atoms with Crippen molar-refractivity contribution < 1.29 is 58.4 Å². The number of cyclic esters (lactones) is 1. The van der Waals surface area contributed by atoms with Gasteiger partial charge in [-0.25, -0.2) is 0 Å². The van der Waals surface area contributed by atoms with Crippen LogP contribution in [0.5, 0.6) is 0 Å². The van der Waals surface area contributed by atoms with E-state index in [0.717, 1.165) is 0 Å². The molecular formula is C38H70N2O12. The van der Waals surface area contributed by atoms with E-state index in [1.165, 1.54) is 6.92 Å². The van der Waals surface area contributed by atoms with Crippen molar-refractivity contribution in [3.63, 3.8) is 0 Å². The summed E-state index contributed by atoms with van der Waals surface area (Å²) in [6, 6.07) is -0.831. The second-order valence-electron chi connectivity index (χ2n) is 17.3. The Bertz CT molecular complexity index is 1180. The van der Waals surface area contributed by atoms with E-state index in [4.69, 9.17) is 33.2 Å². The molecule has 0 radical (unpaired) electrons. The summed E-state index contributed by atoms with van der Waals surface area (Å²) in [5.74, 6) is -2.48. The fraction of sp³-hybridized carbons (Fsp3) is 0.974. The lowest BCUT2D eigenvalue weighted by Crippen LogP contribution is -2.61. The number of esters is 1. The van der Waals surface area contributed by atoms with Gasteiger partial charge in [-0.3, -0.25) is 4.79 Å². The van der Waals surface area contributed by atoms with Crippen LogP contribution >= 0.6 is 0 Å². The van der Waals surface area contributed by atoms with Crippen molar-refractivity contribution in [2.45, 2.75) is 185 Å². The second kappa shape index (κ2) is 16.6. The zero-order valence-electron chi connectivity index (χ0n) is 33.8. The predicted octanol–water partition coefficient (Wildman–Crippen LogP) is 1.97. The Kier molecular flexibility index (Phi) is 14.0. The molecule has 4 fully saturated rings. The van der Waals surface area contributed by atoms with Gasteiger partial charge in [0, 0.05) is 31.5 Å². The summed E-state index contributed by atoms with van der Waals surface area (Å²) in [6.45, 7) is 18.9. The Hall–Kier alpha value is -1.01. The molecule has 5 N–H and O–H groups in total. The molecule has 1 spiro atoms. The molecule has 304 valence electrons. The lowest BCUT2D eigenvalue weighted by atomic mass is 9.77. The lowest BCUT2D eigenvalue weighted by molar-refractivity contribution is -0.315. The topological polar surface area (TPSA) is 181 Å². The Morgan fingerprint density at radius 2 is 1.62 bits per heavy atom. The first-order chi connectivity index (χ1) is 24.0. The summed E-state index contributed by atoms with van der Waals surface area (Å²) < 4.78 is 44.1. The summed E-state index contributed by atoms with van der Waals surface area (Å²) in [5.41, 5.74) is -4.68. The second-order valence-corrected chi connectivity index (χ2v) is 17.3. The molecule has 0 aromatic carbocycles. The van der Waals surface area contributed by atoms with Gasteiger partial charge in [0.25, 0.3) is 0 Å². The monoisotopic (exact) mass is 746 g/mol. The normalized spacial score (nSPS) is 51.5. The SMILES string of the molecule is CC[C@H]1OC(=O)[C@H](C)[C@@H](O[C@H]2C[C@@](C)(OC)[C@@]3(CO3)[C@H](C)O2)[C@H](C)[C@@H](O[C@@H]2O[C@H](C)C[C@H](N(C)C)[C@H]2O)[C@](C)(O)C[C@@H](C)CN[C@H](C)[C@@H](O)[C@]1(C)O. The minimum Gasteiger partial charge on any atom is -0.459 e. The van der Waals surface area contributed by atoms with Crippen LogP contribution in [0.25, 0.3) is 0 Å². The number of epoxide rings is 1. The molecule has 0 aliphatic carbocycles. The van der Waals surface area contributed by atoms with Crippen molar-refractivity contribution in [1.82, 2.24) is 10.2 Å². The Morgan fingerprint density at radius 3 is 2.17 bits per heavy atom. The largest absolute Gasteiger partial charge is 0.459 e. The maximum atomic E-state index is 14.2. The molecule has 4 heterocycles. The van der Waals surface area contributed by atoms with Gasteiger partial charge in [0.15, 0.2) is 12.6 Å². The maximum Gasteiger partial charge on any atom is 0.311 e. The van der Waals surface area contributed by atoms with Crippen LogP contribution in [0.4, 0.5) is 0 Å². The Labute approximate surface area is 311 Å². The molecule has 4 saturated heterocycles. The Balaban J connectivity index is 1.79. The molecule has 14 nitrogen and oxygen atoms in total. The minimum atomic E-state index is -1.78. The van der Waals surface area contributed by atoms with Crippen LogP contribution in [0.3, 0.4) is 0 Å². The number of aliphatic hydroxyl groups excluding tert-OH is 2.